The van der Waals surface area contributed by atoms with Crippen LogP contribution in [0, 0.1) is 5.92 Å². The van der Waals surface area contributed by atoms with Crippen molar-refractivity contribution in [2.75, 3.05) is 26.2 Å². The van der Waals surface area contributed by atoms with Crippen molar-refractivity contribution >= 4 is 5.91 Å². The van der Waals surface area contributed by atoms with E-state index in [0.29, 0.717) is 24.1 Å². The number of carbonyl (C=O) groups excluding carboxylic acids is 1. The highest BCUT2D eigenvalue weighted by molar-refractivity contribution is 5.93. The van der Waals surface area contributed by atoms with Crippen LogP contribution in [0.15, 0.2) is 53.3 Å². The minimum absolute atomic E-state index is 0.103. The first-order valence-electron chi connectivity index (χ1n) is 12.0. The third kappa shape index (κ3) is 4.77. The van der Waals surface area contributed by atoms with E-state index in [4.69, 9.17) is 4.74 Å². The number of nitrogens with one attached hydrogen (secondary N) is 2. The Morgan fingerprint density at radius 2 is 2.00 bits per heavy atom. The highest BCUT2D eigenvalue weighted by atomic mass is 16.5. The zero-order chi connectivity index (χ0) is 23.7. The molecule has 0 saturated carbocycles. The van der Waals surface area contributed by atoms with Gasteiger partial charge < -0.3 is 19.5 Å². The van der Waals surface area contributed by atoms with Crippen molar-refractivity contribution in [2.24, 2.45) is 5.92 Å². The van der Waals surface area contributed by atoms with Crippen molar-refractivity contribution in [3.63, 3.8) is 0 Å². The molecular weight excluding hydrogens is 430 g/mol. The highest BCUT2D eigenvalue weighted by Crippen LogP contribution is 2.34. The molecule has 3 aromatic rings. The fourth-order valence-electron chi connectivity index (χ4n) is 5.16. The zero-order valence-electron chi connectivity index (χ0n) is 19.7. The van der Waals surface area contributed by atoms with E-state index in [-0.39, 0.29) is 17.6 Å². The Morgan fingerprint density at radius 1 is 1.18 bits per heavy atom. The number of piperidine rings is 1. The summed E-state index contributed by atoms with van der Waals surface area (Å²) >= 11 is 0. The second kappa shape index (κ2) is 9.46. The molecule has 1 saturated heterocycles. The number of H-pyrrole nitrogens is 1. The number of aromatic nitrogens is 3. The fraction of sp³-hybridized carbons (Fsp3) is 0.423. The molecule has 1 amide bonds. The van der Waals surface area contributed by atoms with Crippen molar-refractivity contribution in [3.05, 3.63) is 70.3 Å². The maximum absolute atomic E-state index is 12.6. The predicted octanol–water partition coefficient (Wildman–Crippen LogP) is 2.87. The second-order valence-corrected chi connectivity index (χ2v) is 9.57. The smallest absolute Gasteiger partial charge is 0.269 e. The van der Waals surface area contributed by atoms with Crippen LogP contribution in [0.5, 0.6) is 5.75 Å². The molecule has 1 aromatic carbocycles. The van der Waals surface area contributed by atoms with E-state index < -0.39 is 0 Å². The second-order valence-electron chi connectivity index (χ2n) is 9.57. The van der Waals surface area contributed by atoms with E-state index in [1.807, 2.05) is 48.7 Å². The van der Waals surface area contributed by atoms with Crippen LogP contribution in [0.25, 0.3) is 11.3 Å². The molecule has 8 heteroatoms. The van der Waals surface area contributed by atoms with Gasteiger partial charge in [0.15, 0.2) is 0 Å². The minimum Gasteiger partial charge on any atom is -0.491 e. The Bertz CT molecular complexity index is 1210. The Kier molecular flexibility index (Phi) is 6.24. The molecule has 0 radical (unpaired) electrons. The van der Waals surface area contributed by atoms with E-state index in [0.717, 1.165) is 55.3 Å². The molecule has 2 bridgehead atoms. The van der Waals surface area contributed by atoms with E-state index in [2.05, 4.69) is 26.5 Å². The Balaban J connectivity index is 1.14. The molecule has 8 nitrogen and oxygen atoms in total. The molecule has 2 atom stereocenters. The van der Waals surface area contributed by atoms with Gasteiger partial charge in [-0.05, 0) is 62.6 Å². The molecule has 178 valence electrons. The summed E-state index contributed by atoms with van der Waals surface area (Å²) in [6.45, 7) is 7.99. The van der Waals surface area contributed by atoms with Crippen molar-refractivity contribution in [3.8, 4) is 17.0 Å². The lowest BCUT2D eigenvalue weighted by atomic mass is 9.83. The zero-order valence-corrected chi connectivity index (χ0v) is 19.7. The van der Waals surface area contributed by atoms with Crippen molar-refractivity contribution in [1.82, 2.24) is 25.0 Å². The summed E-state index contributed by atoms with van der Waals surface area (Å²) in [5, 5.41) is 10.2. The maximum Gasteiger partial charge on any atom is 0.269 e. The lowest BCUT2D eigenvalue weighted by Gasteiger charge is -2.42. The Labute approximate surface area is 198 Å². The largest absolute Gasteiger partial charge is 0.491 e. The van der Waals surface area contributed by atoms with Gasteiger partial charge in [-0.1, -0.05) is 6.07 Å². The molecule has 0 aliphatic carbocycles. The van der Waals surface area contributed by atoms with E-state index in [1.54, 1.807) is 12.1 Å². The van der Waals surface area contributed by atoms with Crippen LogP contribution in [-0.4, -0.2) is 57.9 Å². The van der Waals surface area contributed by atoms with Gasteiger partial charge in [-0.2, -0.15) is 5.10 Å². The van der Waals surface area contributed by atoms with Crippen LogP contribution in [0.2, 0.25) is 0 Å². The average molecular weight is 462 g/mol. The predicted molar refractivity (Wildman–Crippen MR) is 130 cm³/mol. The monoisotopic (exact) mass is 461 g/mol. The van der Waals surface area contributed by atoms with Gasteiger partial charge in [-0.15, -0.1) is 0 Å². The Morgan fingerprint density at radius 3 is 2.79 bits per heavy atom. The number of hydrogen-bond donors (Lipinski definition) is 2. The lowest BCUT2D eigenvalue weighted by Crippen LogP contribution is -2.48. The van der Waals surface area contributed by atoms with Gasteiger partial charge in [0.2, 0.25) is 0 Å². The quantitative estimate of drug-likeness (QED) is 0.565. The summed E-state index contributed by atoms with van der Waals surface area (Å²) in [5.74, 6) is 1.51. The standard InChI is InChI=1S/C26H31N5O3/c1-17(2)34-21-8-6-19(7-9-21)22-13-23(29-28-22)26(33)27-10-11-30-14-18-12-20(16-30)24-4-3-5-25(32)31(24)15-18/h3-9,13,17-18,20H,10-12,14-16H2,1-2H3,(H,27,33)(H,28,29)/t18-,20+/m1/s1. The normalized spacial score (nSPS) is 19.6. The number of amides is 1. The van der Waals surface area contributed by atoms with Gasteiger partial charge in [-0.3, -0.25) is 14.7 Å². The summed E-state index contributed by atoms with van der Waals surface area (Å²) < 4.78 is 7.62. The first kappa shape index (κ1) is 22.4. The van der Waals surface area contributed by atoms with Gasteiger partial charge in [0.1, 0.15) is 11.4 Å². The minimum atomic E-state index is -0.160. The van der Waals surface area contributed by atoms with Crippen LogP contribution < -0.4 is 15.6 Å². The van der Waals surface area contributed by atoms with E-state index >= 15 is 0 Å². The average Bonchev–Trinajstić information content (AvgIpc) is 3.30. The Hall–Kier alpha value is -3.39. The van der Waals surface area contributed by atoms with Gasteiger partial charge in [0, 0.05) is 56.0 Å². The van der Waals surface area contributed by atoms with Gasteiger partial charge in [0.05, 0.1) is 11.8 Å². The summed E-state index contributed by atoms with van der Waals surface area (Å²) in [6, 6.07) is 15.1. The van der Waals surface area contributed by atoms with E-state index in [9.17, 15) is 9.59 Å². The molecule has 0 spiro atoms. The number of rotatable bonds is 7. The molecule has 4 heterocycles. The summed E-state index contributed by atoms with van der Waals surface area (Å²) in [5.41, 5.74) is 3.34. The van der Waals surface area contributed by atoms with Crippen LogP contribution in [0.1, 0.15) is 42.4 Å². The third-order valence-electron chi connectivity index (χ3n) is 6.61. The van der Waals surface area contributed by atoms with Crippen molar-refractivity contribution < 1.29 is 9.53 Å². The number of ether oxygens (including phenoxy) is 1. The molecule has 2 aromatic heterocycles. The number of benzene rings is 1. The number of pyridine rings is 1. The van der Waals surface area contributed by atoms with Crippen LogP contribution >= 0.6 is 0 Å². The number of fused-ring (bicyclic) bond motifs is 4. The number of aromatic amines is 1. The fourth-order valence-corrected chi connectivity index (χ4v) is 5.16. The number of nitrogens with zero attached hydrogens (tertiary/aromatic N) is 3. The first-order chi connectivity index (χ1) is 16.5. The molecule has 34 heavy (non-hydrogen) atoms. The van der Waals surface area contributed by atoms with Crippen molar-refractivity contribution in [1.29, 1.82) is 0 Å². The topological polar surface area (TPSA) is 92.2 Å². The lowest BCUT2D eigenvalue weighted by molar-refractivity contribution is 0.0923. The van der Waals surface area contributed by atoms with Gasteiger partial charge >= 0.3 is 0 Å². The molecule has 2 aliphatic heterocycles. The first-order valence-corrected chi connectivity index (χ1v) is 12.0. The van der Waals surface area contributed by atoms with Crippen molar-refractivity contribution in [2.45, 2.75) is 38.8 Å². The van der Waals surface area contributed by atoms with Crippen LogP contribution in [0.3, 0.4) is 0 Å². The number of likely N-dealkylation sites (tertiary alicyclic amines) is 1. The molecule has 2 aliphatic rings. The summed E-state index contributed by atoms with van der Waals surface area (Å²) in [6.07, 6.45) is 1.25. The van der Waals surface area contributed by atoms with E-state index in [1.165, 1.54) is 0 Å². The molecule has 0 unspecified atom stereocenters. The van der Waals surface area contributed by atoms with Gasteiger partial charge in [-0.25, -0.2) is 0 Å². The summed E-state index contributed by atoms with van der Waals surface area (Å²) in [4.78, 5) is 27.2. The molecular formula is C26H31N5O3. The van der Waals surface area contributed by atoms with Gasteiger partial charge in [0.25, 0.3) is 11.5 Å². The molecule has 2 N–H and O–H groups in total. The van der Waals surface area contributed by atoms with Crippen LogP contribution in [0.4, 0.5) is 0 Å². The number of hydrogen-bond acceptors (Lipinski definition) is 5. The molecule has 1 fully saturated rings. The third-order valence-corrected chi connectivity index (χ3v) is 6.61. The number of carbonyl (C=O) groups is 1. The highest BCUT2D eigenvalue weighted by Gasteiger charge is 2.34. The molecule has 5 rings (SSSR count). The SMILES string of the molecule is CC(C)Oc1ccc(-c2cc(C(=O)NCCN3C[C@H]4C[C@@H](C3)c3cccc(=O)n3C4)[nH]n2)cc1. The maximum atomic E-state index is 12.6. The summed E-state index contributed by atoms with van der Waals surface area (Å²) in [7, 11) is 0. The van der Waals surface area contributed by atoms with Crippen LogP contribution in [-0.2, 0) is 6.54 Å².